The van der Waals surface area contributed by atoms with Gasteiger partial charge >= 0.3 is 0 Å². The third-order valence-electron chi connectivity index (χ3n) is 16.5. The van der Waals surface area contributed by atoms with Gasteiger partial charge in [-0.25, -0.2) is 0 Å². The Labute approximate surface area is 392 Å². The minimum absolute atomic E-state index is 0.0259. The first-order valence-electron chi connectivity index (χ1n) is 25.2. The Hall–Kier alpha value is -4.80. The number of nitrogens with two attached hydrogens (primary N) is 1. The molecular weight excluding hydrogens is 821 g/mol. The molecular formula is C57H72N4O5. The van der Waals surface area contributed by atoms with Gasteiger partial charge in [0.15, 0.2) is 24.1 Å². The molecule has 6 aliphatic rings. The number of hydrogen-bond acceptors (Lipinski definition) is 9. The summed E-state index contributed by atoms with van der Waals surface area (Å²) in [5.74, 6) is 3.72. The number of carbonyl (C=O) groups is 2. The first-order valence-corrected chi connectivity index (χ1v) is 25.2. The van der Waals surface area contributed by atoms with Gasteiger partial charge in [-0.3, -0.25) is 9.59 Å². The van der Waals surface area contributed by atoms with Gasteiger partial charge in [0.1, 0.15) is 5.78 Å². The number of aliphatic hydroxyl groups is 1. The molecule has 7 N–H and O–H groups in total. The second-order valence-electron chi connectivity index (χ2n) is 20.7. The van der Waals surface area contributed by atoms with Crippen LogP contribution in [-0.2, 0) is 35.3 Å². The van der Waals surface area contributed by atoms with Crippen molar-refractivity contribution < 1.29 is 24.5 Å². The molecule has 9 atom stereocenters. The molecule has 0 radical (unpaired) electrons. The molecule has 3 heterocycles. The number of aliphatic hydroxyl groups excluding tert-OH is 1. The summed E-state index contributed by atoms with van der Waals surface area (Å²) >= 11 is 0. The minimum atomic E-state index is -0.603. The number of rotatable bonds is 18. The van der Waals surface area contributed by atoms with Crippen LogP contribution in [0.5, 0.6) is 11.5 Å². The molecule has 0 bridgehead atoms. The number of allylic oxidation sites excluding steroid dienone is 3. The predicted molar refractivity (Wildman–Crippen MR) is 262 cm³/mol. The van der Waals surface area contributed by atoms with Crippen LogP contribution in [0.3, 0.4) is 0 Å². The summed E-state index contributed by atoms with van der Waals surface area (Å²) in [5.41, 5.74) is 14.2. The van der Waals surface area contributed by atoms with Crippen molar-refractivity contribution in [3.8, 4) is 11.5 Å². The number of piperidine rings is 1. The number of aryl methyl sites for hydroxylation is 3. The van der Waals surface area contributed by atoms with Crippen molar-refractivity contribution >= 4 is 17.6 Å². The highest BCUT2D eigenvalue weighted by atomic mass is 16.6. The lowest BCUT2D eigenvalue weighted by atomic mass is 9.54. The molecule has 0 aromatic heterocycles. The van der Waals surface area contributed by atoms with Gasteiger partial charge in [-0.15, -0.1) is 0 Å². The number of nitrogens with one attached hydrogen (secondary N) is 3. The van der Waals surface area contributed by atoms with E-state index in [4.69, 9.17) is 10.5 Å². The molecule has 1 saturated heterocycles. The Balaban J connectivity index is 0.836. The van der Waals surface area contributed by atoms with Crippen LogP contribution in [-0.4, -0.2) is 60.4 Å². The van der Waals surface area contributed by atoms with E-state index in [1.165, 1.54) is 67.7 Å². The number of fused-ring (bicyclic) bond motifs is 3. The van der Waals surface area contributed by atoms with Crippen molar-refractivity contribution in [2.75, 3.05) is 26.4 Å². The van der Waals surface area contributed by atoms with Crippen LogP contribution in [0.1, 0.15) is 105 Å². The topological polar surface area (TPSA) is 146 Å². The van der Waals surface area contributed by atoms with Crippen molar-refractivity contribution in [1.29, 1.82) is 0 Å². The highest BCUT2D eigenvalue weighted by Gasteiger charge is 2.53. The SMILES string of the molecule is NC1C=C(CCc2cccc(CCc3ccccc3)c2)C(Cc2cc(O)c(OCO)cc2C=CC(=O)CC(=O)CC2CCC3CCCC3(CC3C4CCNCC4CC4C=CCNC43)C2)=CN1. The summed E-state index contributed by atoms with van der Waals surface area (Å²) in [4.78, 5) is 27.3. The molecule has 3 aromatic rings. The number of dihydropyridines is 1. The van der Waals surface area contributed by atoms with Gasteiger partial charge in [0.05, 0.1) is 12.6 Å². The maximum Gasteiger partial charge on any atom is 0.186 e. The zero-order valence-electron chi connectivity index (χ0n) is 38.8. The van der Waals surface area contributed by atoms with Crippen LogP contribution < -0.4 is 26.4 Å². The number of aromatic hydroxyl groups is 1. The summed E-state index contributed by atoms with van der Waals surface area (Å²) < 4.78 is 5.36. The summed E-state index contributed by atoms with van der Waals surface area (Å²) in [5, 5.41) is 31.5. The van der Waals surface area contributed by atoms with E-state index in [-0.39, 0.29) is 35.7 Å². The Kier molecular flexibility index (Phi) is 15.0. The zero-order valence-corrected chi connectivity index (χ0v) is 38.8. The first kappa shape index (κ1) is 46.3. The fourth-order valence-corrected chi connectivity index (χ4v) is 13.5. The summed E-state index contributed by atoms with van der Waals surface area (Å²) in [6, 6.07) is 23.2. The van der Waals surface area contributed by atoms with Gasteiger partial charge in [0.2, 0.25) is 0 Å². The van der Waals surface area contributed by atoms with E-state index in [0.717, 1.165) is 92.6 Å². The quantitative estimate of drug-likeness (QED) is 0.0320. The normalized spacial score (nSPS) is 29.2. The molecule has 3 aliphatic heterocycles. The standard InChI is InChI=1S/C57H72N4O5/c58-55-31-43(17-15-40-10-4-9-39(25-40)14-13-38-7-2-1-3-8-38)46(36-61-55)28-45-29-53(65)54(66-37-62)30-42(45)18-20-49(63)32-50(64)26-41-16-19-48-12-5-22-57(48,33-41)34-52-51-21-24-59-35-47(51)27-44-11-6-23-60-56(44)52/h1-4,6-11,18,20,25,29-31,36,41,44,47-48,51-52,55-56,59-62,65H,5,12-17,19,21-24,26-28,32-35,37,58H2. The van der Waals surface area contributed by atoms with Crippen LogP contribution in [0.15, 0.2) is 108 Å². The molecule has 9 heteroatoms. The van der Waals surface area contributed by atoms with Crippen LogP contribution in [0.25, 0.3) is 6.08 Å². The molecule has 350 valence electrons. The second-order valence-corrected chi connectivity index (χ2v) is 20.7. The summed E-state index contributed by atoms with van der Waals surface area (Å²) in [6.45, 7) is 2.65. The number of Topliss-reactive ketones (excluding diaryl/α,β-unsaturated/α-hetero) is 1. The molecule has 9 unspecified atom stereocenters. The number of hydrogen-bond donors (Lipinski definition) is 6. The largest absolute Gasteiger partial charge is 0.504 e. The third kappa shape index (κ3) is 11.1. The van der Waals surface area contributed by atoms with E-state index >= 15 is 0 Å². The third-order valence-corrected chi connectivity index (χ3v) is 16.5. The number of ketones is 2. The van der Waals surface area contributed by atoms with Crippen molar-refractivity contribution in [2.45, 2.75) is 115 Å². The van der Waals surface area contributed by atoms with Crippen LogP contribution in [0.2, 0.25) is 0 Å². The Bertz CT molecular complexity index is 2300. The van der Waals surface area contributed by atoms with E-state index < -0.39 is 6.79 Å². The fraction of sp³-hybridized carbons (Fsp3) is 0.509. The molecule has 3 aromatic carbocycles. The van der Waals surface area contributed by atoms with Crippen molar-refractivity contribution in [3.05, 3.63) is 136 Å². The molecule has 66 heavy (non-hydrogen) atoms. The van der Waals surface area contributed by atoms with Gasteiger partial charge in [-0.2, -0.15) is 0 Å². The Morgan fingerprint density at radius 2 is 1.74 bits per heavy atom. The average molecular weight is 893 g/mol. The first-order chi connectivity index (χ1) is 32.2. The maximum absolute atomic E-state index is 13.8. The summed E-state index contributed by atoms with van der Waals surface area (Å²) in [6.07, 6.45) is 27.3. The molecule has 4 fully saturated rings. The molecule has 3 saturated carbocycles. The maximum atomic E-state index is 13.8. The molecule has 9 nitrogen and oxygen atoms in total. The lowest BCUT2D eigenvalue weighted by molar-refractivity contribution is -0.126. The van der Waals surface area contributed by atoms with Gasteiger partial charge in [-0.05, 0) is 201 Å². The number of phenols is 1. The smallest absolute Gasteiger partial charge is 0.186 e. The van der Waals surface area contributed by atoms with E-state index in [1.807, 2.05) is 6.20 Å². The fourth-order valence-electron chi connectivity index (χ4n) is 13.5. The van der Waals surface area contributed by atoms with E-state index in [1.54, 1.807) is 18.2 Å². The van der Waals surface area contributed by atoms with Crippen LogP contribution in [0.4, 0.5) is 0 Å². The Morgan fingerprint density at radius 1 is 0.924 bits per heavy atom. The van der Waals surface area contributed by atoms with Crippen LogP contribution in [0, 0.1) is 40.9 Å². The lowest BCUT2D eigenvalue weighted by Gasteiger charge is -2.54. The van der Waals surface area contributed by atoms with Crippen molar-refractivity contribution in [3.63, 3.8) is 0 Å². The zero-order chi connectivity index (χ0) is 45.5. The number of carbonyl (C=O) groups excluding carboxylic acids is 2. The van der Waals surface area contributed by atoms with Gasteiger partial charge in [0, 0.05) is 25.2 Å². The van der Waals surface area contributed by atoms with Crippen molar-refractivity contribution in [1.82, 2.24) is 16.0 Å². The average Bonchev–Trinajstić information content (AvgIpc) is 3.74. The molecule has 0 amide bonds. The summed E-state index contributed by atoms with van der Waals surface area (Å²) in [7, 11) is 0. The highest BCUT2D eigenvalue weighted by Crippen LogP contribution is 2.60. The van der Waals surface area contributed by atoms with Crippen molar-refractivity contribution in [2.24, 2.45) is 46.7 Å². The second kappa shape index (κ2) is 21.4. The van der Waals surface area contributed by atoms with E-state index in [0.29, 0.717) is 47.6 Å². The van der Waals surface area contributed by atoms with Gasteiger partial charge in [-0.1, -0.05) is 79.2 Å². The Morgan fingerprint density at radius 3 is 2.59 bits per heavy atom. The number of ether oxygens (including phenoxy) is 1. The van der Waals surface area contributed by atoms with Gasteiger partial charge in [0.25, 0.3) is 0 Å². The van der Waals surface area contributed by atoms with Gasteiger partial charge < -0.3 is 36.6 Å². The minimum Gasteiger partial charge on any atom is -0.504 e. The van der Waals surface area contributed by atoms with E-state index in [2.05, 4.69) is 88.8 Å². The monoisotopic (exact) mass is 893 g/mol. The molecule has 3 aliphatic carbocycles. The highest BCUT2D eigenvalue weighted by molar-refractivity contribution is 6.06. The lowest BCUT2D eigenvalue weighted by Crippen LogP contribution is -2.57. The van der Waals surface area contributed by atoms with Crippen LogP contribution >= 0.6 is 0 Å². The number of phenolic OH excluding ortho intramolecular Hbond substituents is 1. The molecule has 0 spiro atoms. The molecule has 9 rings (SSSR count). The van der Waals surface area contributed by atoms with E-state index in [9.17, 15) is 19.8 Å². The number of benzene rings is 3. The predicted octanol–water partition coefficient (Wildman–Crippen LogP) is 8.68.